The van der Waals surface area contributed by atoms with Crippen molar-refractivity contribution in [3.05, 3.63) is 35.2 Å². The van der Waals surface area contributed by atoms with Crippen molar-refractivity contribution in [3.63, 3.8) is 0 Å². The molecule has 1 aromatic carbocycles. The van der Waals surface area contributed by atoms with E-state index in [2.05, 4.69) is 27.3 Å². The van der Waals surface area contributed by atoms with Crippen LogP contribution in [0.1, 0.15) is 38.5 Å². The van der Waals surface area contributed by atoms with Crippen LogP contribution in [0.2, 0.25) is 5.02 Å². The number of hydrogen-bond acceptors (Lipinski definition) is 5. The van der Waals surface area contributed by atoms with Gasteiger partial charge in [-0.1, -0.05) is 23.7 Å². The summed E-state index contributed by atoms with van der Waals surface area (Å²) in [4.78, 5) is 18.9. The Bertz CT molecular complexity index is 726. The molecule has 2 heterocycles. The first-order chi connectivity index (χ1) is 13.1. The summed E-state index contributed by atoms with van der Waals surface area (Å²) in [7, 11) is 0. The van der Waals surface area contributed by atoms with Gasteiger partial charge in [0.25, 0.3) is 0 Å². The summed E-state index contributed by atoms with van der Waals surface area (Å²) in [5.41, 5.74) is 0.860. The van der Waals surface area contributed by atoms with Crippen molar-refractivity contribution >= 4 is 17.5 Å². The van der Waals surface area contributed by atoms with Gasteiger partial charge >= 0.3 is 0 Å². The lowest BCUT2D eigenvalue weighted by Gasteiger charge is -2.20. The van der Waals surface area contributed by atoms with Gasteiger partial charge in [0.1, 0.15) is 0 Å². The fourth-order valence-electron chi connectivity index (χ4n) is 3.32. The largest absolute Gasteiger partial charge is 0.356 e. The number of benzene rings is 1. The monoisotopic (exact) mass is 390 g/mol. The Kier molecular flexibility index (Phi) is 7.24. The second-order valence-electron chi connectivity index (χ2n) is 7.29. The van der Waals surface area contributed by atoms with E-state index >= 15 is 0 Å². The molecule has 1 saturated heterocycles. The number of nitrogens with one attached hydrogen (secondary N) is 1. The lowest BCUT2D eigenvalue weighted by Crippen LogP contribution is -2.34. The molecule has 1 fully saturated rings. The minimum absolute atomic E-state index is 0.0840. The lowest BCUT2D eigenvalue weighted by molar-refractivity contribution is -0.121. The molecule has 0 saturated carbocycles. The van der Waals surface area contributed by atoms with Crippen molar-refractivity contribution in [1.82, 2.24) is 20.4 Å². The summed E-state index contributed by atoms with van der Waals surface area (Å²) in [5, 5.41) is 7.69. The van der Waals surface area contributed by atoms with Crippen molar-refractivity contribution in [1.29, 1.82) is 0 Å². The topological polar surface area (TPSA) is 71.3 Å². The Balaban J connectivity index is 1.34. The van der Waals surface area contributed by atoms with Gasteiger partial charge in [-0.2, -0.15) is 4.98 Å². The number of rotatable bonds is 9. The summed E-state index contributed by atoms with van der Waals surface area (Å²) in [5.74, 6) is 1.66. The number of carbonyl (C=O) groups is 1. The summed E-state index contributed by atoms with van der Waals surface area (Å²) in [6.07, 6.45) is 4.35. The molecule has 0 spiro atoms. The van der Waals surface area contributed by atoms with Gasteiger partial charge in [-0.3, -0.25) is 4.79 Å². The molecule has 1 atom stereocenters. The van der Waals surface area contributed by atoms with Crippen molar-refractivity contribution in [3.8, 4) is 11.4 Å². The zero-order valence-corrected chi connectivity index (χ0v) is 16.5. The number of carbonyl (C=O) groups excluding carboxylic acids is 1. The fourth-order valence-corrected chi connectivity index (χ4v) is 3.45. The highest BCUT2D eigenvalue weighted by molar-refractivity contribution is 6.30. The lowest BCUT2D eigenvalue weighted by atomic mass is 10.1. The van der Waals surface area contributed by atoms with Crippen molar-refractivity contribution in [2.24, 2.45) is 5.92 Å². The molecule has 146 valence electrons. The molecule has 7 heteroatoms. The molecular weight excluding hydrogens is 364 g/mol. The minimum atomic E-state index is 0.0840. The maximum absolute atomic E-state index is 12.0. The van der Waals surface area contributed by atoms with E-state index in [0.29, 0.717) is 41.9 Å². The van der Waals surface area contributed by atoms with Gasteiger partial charge in [0, 0.05) is 36.5 Å². The number of hydrogen-bond donors (Lipinski definition) is 1. The Morgan fingerprint density at radius 2 is 2.04 bits per heavy atom. The predicted octanol–water partition coefficient (Wildman–Crippen LogP) is 3.56. The van der Waals surface area contributed by atoms with Gasteiger partial charge in [-0.15, -0.1) is 0 Å². The first kappa shape index (κ1) is 19.8. The third-order valence-electron chi connectivity index (χ3n) is 4.78. The van der Waals surface area contributed by atoms with Crippen LogP contribution in [0.5, 0.6) is 0 Å². The van der Waals surface area contributed by atoms with Crippen LogP contribution < -0.4 is 5.32 Å². The summed E-state index contributed by atoms with van der Waals surface area (Å²) in [6.45, 7) is 6.38. The maximum atomic E-state index is 12.0. The highest BCUT2D eigenvalue weighted by atomic mass is 35.5. The Labute approximate surface area is 165 Å². The zero-order valence-electron chi connectivity index (χ0n) is 15.8. The quantitative estimate of drug-likeness (QED) is 0.708. The summed E-state index contributed by atoms with van der Waals surface area (Å²) in [6, 6.07) is 7.30. The zero-order chi connectivity index (χ0) is 19.1. The number of likely N-dealkylation sites (tertiary alicyclic amines) is 1. The highest BCUT2D eigenvalue weighted by Gasteiger charge is 2.15. The van der Waals surface area contributed by atoms with Crippen LogP contribution in [0, 0.1) is 5.92 Å². The smallest absolute Gasteiger partial charge is 0.226 e. The SMILES string of the molecule is CC(CNC(=O)CCCc1nc(-c2ccc(Cl)cc2)no1)CN1CCCC1. The van der Waals surface area contributed by atoms with Gasteiger partial charge in [0.05, 0.1) is 0 Å². The van der Waals surface area contributed by atoms with E-state index in [1.165, 1.54) is 25.9 Å². The standard InChI is InChI=1S/C20H27ClN4O2/c1-15(14-25-11-2-3-12-25)13-22-18(26)5-4-6-19-23-20(24-27-19)16-7-9-17(21)10-8-16/h7-10,15H,2-6,11-14H2,1H3,(H,22,26). The number of amides is 1. The molecule has 1 aliphatic heterocycles. The summed E-state index contributed by atoms with van der Waals surface area (Å²) < 4.78 is 5.27. The summed E-state index contributed by atoms with van der Waals surface area (Å²) >= 11 is 5.89. The average Bonchev–Trinajstić information content (AvgIpc) is 3.33. The van der Waals surface area contributed by atoms with Gasteiger partial charge < -0.3 is 14.7 Å². The van der Waals surface area contributed by atoms with Crippen LogP contribution in [-0.4, -0.2) is 47.1 Å². The Hall–Kier alpha value is -1.92. The van der Waals surface area contributed by atoms with Gasteiger partial charge in [0.15, 0.2) is 0 Å². The van der Waals surface area contributed by atoms with E-state index in [1.807, 2.05) is 12.1 Å². The molecule has 1 aliphatic rings. The number of aromatic nitrogens is 2. The Morgan fingerprint density at radius 3 is 2.78 bits per heavy atom. The first-order valence-electron chi connectivity index (χ1n) is 9.68. The number of halogens is 1. The molecule has 6 nitrogen and oxygen atoms in total. The van der Waals surface area contributed by atoms with Gasteiger partial charge in [-0.25, -0.2) is 0 Å². The molecule has 0 radical (unpaired) electrons. The van der Waals surface area contributed by atoms with E-state index in [0.717, 1.165) is 18.7 Å². The van der Waals surface area contributed by atoms with Crippen LogP contribution in [0.4, 0.5) is 0 Å². The highest BCUT2D eigenvalue weighted by Crippen LogP contribution is 2.19. The van der Waals surface area contributed by atoms with E-state index in [1.54, 1.807) is 12.1 Å². The van der Waals surface area contributed by atoms with Crippen molar-refractivity contribution < 1.29 is 9.32 Å². The number of aryl methyl sites for hydroxylation is 1. The predicted molar refractivity (Wildman–Crippen MR) is 106 cm³/mol. The molecule has 1 N–H and O–H groups in total. The molecule has 2 aromatic rings. The van der Waals surface area contributed by atoms with E-state index in [-0.39, 0.29) is 5.91 Å². The van der Waals surface area contributed by atoms with Crippen molar-refractivity contribution in [2.75, 3.05) is 26.2 Å². The number of nitrogens with zero attached hydrogens (tertiary/aromatic N) is 3. The molecule has 1 aromatic heterocycles. The van der Waals surface area contributed by atoms with E-state index < -0.39 is 0 Å². The minimum Gasteiger partial charge on any atom is -0.356 e. The molecule has 0 bridgehead atoms. The van der Waals surface area contributed by atoms with Crippen LogP contribution in [0.15, 0.2) is 28.8 Å². The normalized spacial score (nSPS) is 15.8. The van der Waals surface area contributed by atoms with Crippen LogP contribution >= 0.6 is 11.6 Å². The molecule has 1 unspecified atom stereocenters. The first-order valence-corrected chi connectivity index (χ1v) is 10.1. The second-order valence-corrected chi connectivity index (χ2v) is 7.73. The fraction of sp³-hybridized carbons (Fsp3) is 0.550. The van der Waals surface area contributed by atoms with E-state index in [9.17, 15) is 4.79 Å². The van der Waals surface area contributed by atoms with Crippen LogP contribution in [0.3, 0.4) is 0 Å². The molecule has 1 amide bonds. The second kappa shape index (κ2) is 9.85. The van der Waals surface area contributed by atoms with Crippen LogP contribution in [-0.2, 0) is 11.2 Å². The maximum Gasteiger partial charge on any atom is 0.226 e. The third kappa shape index (κ3) is 6.33. The molecular formula is C20H27ClN4O2. The van der Waals surface area contributed by atoms with Gasteiger partial charge in [-0.05, 0) is 62.5 Å². The molecule has 3 rings (SSSR count). The third-order valence-corrected chi connectivity index (χ3v) is 5.03. The Morgan fingerprint density at radius 1 is 1.30 bits per heavy atom. The van der Waals surface area contributed by atoms with E-state index in [4.69, 9.17) is 16.1 Å². The molecule has 27 heavy (non-hydrogen) atoms. The van der Waals surface area contributed by atoms with Crippen molar-refractivity contribution in [2.45, 2.75) is 39.0 Å². The molecule has 0 aliphatic carbocycles. The average molecular weight is 391 g/mol. The van der Waals surface area contributed by atoms with Crippen LogP contribution in [0.25, 0.3) is 11.4 Å². The van der Waals surface area contributed by atoms with Gasteiger partial charge in [0.2, 0.25) is 17.6 Å².